The molecular formula is C30H28N2O5. The third-order valence-electron chi connectivity index (χ3n) is 6.76. The molecule has 3 aromatic carbocycles. The monoisotopic (exact) mass is 496 g/mol. The smallest absolute Gasteiger partial charge is 0.300 e. The van der Waals surface area contributed by atoms with Gasteiger partial charge in [-0.05, 0) is 66.4 Å². The molecule has 0 bridgehead atoms. The van der Waals surface area contributed by atoms with Gasteiger partial charge in [0, 0.05) is 30.3 Å². The van der Waals surface area contributed by atoms with Crippen molar-refractivity contribution in [3.63, 3.8) is 0 Å². The molecular weight excluding hydrogens is 468 g/mol. The maximum Gasteiger partial charge on any atom is 0.300 e. The van der Waals surface area contributed by atoms with Crippen molar-refractivity contribution >= 4 is 34.7 Å². The molecule has 3 aromatic rings. The van der Waals surface area contributed by atoms with Crippen molar-refractivity contribution in [1.82, 2.24) is 0 Å². The molecule has 5 rings (SSSR count). The van der Waals surface area contributed by atoms with Crippen LogP contribution in [0.1, 0.15) is 49.1 Å². The number of hydrogen-bond acceptors (Lipinski definition) is 5. The van der Waals surface area contributed by atoms with Crippen LogP contribution in [0.5, 0.6) is 5.75 Å². The molecule has 0 aliphatic carbocycles. The molecule has 2 N–H and O–H groups in total. The third-order valence-corrected chi connectivity index (χ3v) is 6.76. The quantitative estimate of drug-likeness (QED) is 0.289. The van der Waals surface area contributed by atoms with E-state index in [1.807, 2.05) is 44.2 Å². The van der Waals surface area contributed by atoms with Crippen LogP contribution >= 0.6 is 0 Å². The molecule has 37 heavy (non-hydrogen) atoms. The van der Waals surface area contributed by atoms with Gasteiger partial charge in [-0.3, -0.25) is 19.3 Å². The summed E-state index contributed by atoms with van der Waals surface area (Å²) in [5, 5.41) is 14.2. The molecule has 2 unspecified atom stereocenters. The van der Waals surface area contributed by atoms with Crippen LogP contribution in [0, 0.1) is 0 Å². The Labute approximate surface area is 215 Å². The highest BCUT2D eigenvalue weighted by atomic mass is 16.5. The molecule has 0 spiro atoms. The molecule has 7 heteroatoms. The van der Waals surface area contributed by atoms with Crippen LogP contribution in [-0.2, 0) is 27.2 Å². The molecule has 7 nitrogen and oxygen atoms in total. The summed E-state index contributed by atoms with van der Waals surface area (Å²) in [7, 11) is 0. The molecule has 2 aliphatic heterocycles. The number of hydrogen-bond donors (Lipinski definition) is 2. The van der Waals surface area contributed by atoms with Crippen LogP contribution in [0.2, 0.25) is 0 Å². The predicted octanol–water partition coefficient (Wildman–Crippen LogP) is 5.16. The summed E-state index contributed by atoms with van der Waals surface area (Å²) in [4.78, 5) is 39.9. The second kappa shape index (κ2) is 9.58. The Balaban J connectivity index is 1.66. The van der Waals surface area contributed by atoms with Crippen LogP contribution in [0.3, 0.4) is 0 Å². The van der Waals surface area contributed by atoms with Gasteiger partial charge >= 0.3 is 0 Å². The number of benzene rings is 3. The van der Waals surface area contributed by atoms with E-state index in [-0.39, 0.29) is 23.3 Å². The lowest BCUT2D eigenvalue weighted by atomic mass is 9.93. The van der Waals surface area contributed by atoms with E-state index in [1.54, 1.807) is 36.4 Å². The first kappa shape index (κ1) is 24.3. The first-order valence-corrected chi connectivity index (χ1v) is 12.3. The second-order valence-electron chi connectivity index (χ2n) is 9.45. The fourth-order valence-electron chi connectivity index (χ4n) is 5.01. The Kier molecular flexibility index (Phi) is 6.29. The molecule has 2 atom stereocenters. The molecule has 188 valence electrons. The lowest BCUT2D eigenvalue weighted by molar-refractivity contribution is -0.132. The van der Waals surface area contributed by atoms with E-state index in [1.165, 1.54) is 11.8 Å². The highest BCUT2D eigenvalue weighted by molar-refractivity contribution is 6.51. The SMILES string of the molecule is CCc1ccc(C2/C(=C(/O)c3ccc4c(c3)CC(C)O4)C(=O)C(=O)N2c2cccc(NC(C)=O)c2)cc1. The van der Waals surface area contributed by atoms with E-state index in [9.17, 15) is 19.5 Å². The van der Waals surface area contributed by atoms with Crippen molar-refractivity contribution in [2.45, 2.75) is 45.8 Å². The lowest BCUT2D eigenvalue weighted by Gasteiger charge is -2.26. The summed E-state index contributed by atoms with van der Waals surface area (Å²) in [5.41, 5.74) is 4.16. The molecule has 1 fully saturated rings. The molecule has 2 aliphatic rings. The molecule has 0 radical (unpaired) electrons. The van der Waals surface area contributed by atoms with Crippen LogP contribution in [0.4, 0.5) is 11.4 Å². The number of aryl methyl sites for hydroxylation is 1. The van der Waals surface area contributed by atoms with E-state index in [0.717, 1.165) is 23.3 Å². The van der Waals surface area contributed by atoms with E-state index in [4.69, 9.17) is 4.74 Å². The van der Waals surface area contributed by atoms with Gasteiger partial charge < -0.3 is 15.2 Å². The van der Waals surface area contributed by atoms with Crippen molar-refractivity contribution in [2.24, 2.45) is 0 Å². The van der Waals surface area contributed by atoms with Gasteiger partial charge in [0.1, 0.15) is 17.6 Å². The number of ether oxygens (including phenoxy) is 1. The number of rotatable bonds is 5. The minimum absolute atomic E-state index is 0.0195. The van der Waals surface area contributed by atoms with Crippen LogP contribution in [0.15, 0.2) is 72.3 Å². The minimum Gasteiger partial charge on any atom is -0.507 e. The Hall–Kier alpha value is -4.39. The highest BCUT2D eigenvalue weighted by Gasteiger charge is 2.47. The number of aliphatic hydroxyl groups is 1. The fourth-order valence-corrected chi connectivity index (χ4v) is 5.01. The normalized spacial score (nSPS) is 20.0. The molecule has 2 amide bonds. The summed E-state index contributed by atoms with van der Waals surface area (Å²) >= 11 is 0. The van der Waals surface area contributed by atoms with E-state index in [0.29, 0.717) is 28.9 Å². The molecule has 0 aromatic heterocycles. The number of carbonyl (C=O) groups excluding carboxylic acids is 3. The zero-order chi connectivity index (χ0) is 26.3. The van der Waals surface area contributed by atoms with Crippen molar-refractivity contribution < 1.29 is 24.2 Å². The number of fused-ring (bicyclic) bond motifs is 1. The Bertz CT molecular complexity index is 1440. The number of nitrogens with zero attached hydrogens (tertiary/aromatic N) is 1. The van der Waals surface area contributed by atoms with Gasteiger partial charge in [-0.1, -0.05) is 37.3 Å². The van der Waals surface area contributed by atoms with E-state index >= 15 is 0 Å². The van der Waals surface area contributed by atoms with Crippen LogP contribution < -0.4 is 15.0 Å². The summed E-state index contributed by atoms with van der Waals surface area (Å²) in [6.07, 6.45) is 1.57. The van der Waals surface area contributed by atoms with Gasteiger partial charge in [-0.2, -0.15) is 0 Å². The van der Waals surface area contributed by atoms with Gasteiger partial charge in [-0.25, -0.2) is 0 Å². The third kappa shape index (κ3) is 4.48. The number of aliphatic hydroxyl groups excluding tert-OH is 1. The predicted molar refractivity (Wildman–Crippen MR) is 142 cm³/mol. The largest absolute Gasteiger partial charge is 0.507 e. The van der Waals surface area contributed by atoms with Gasteiger partial charge in [0.15, 0.2) is 0 Å². The maximum atomic E-state index is 13.5. The zero-order valence-corrected chi connectivity index (χ0v) is 20.9. The maximum absolute atomic E-state index is 13.5. The van der Waals surface area contributed by atoms with Crippen molar-refractivity contribution in [1.29, 1.82) is 0 Å². The second-order valence-corrected chi connectivity index (χ2v) is 9.45. The first-order valence-electron chi connectivity index (χ1n) is 12.3. The summed E-state index contributed by atoms with van der Waals surface area (Å²) in [5.74, 6) is -1.24. The lowest BCUT2D eigenvalue weighted by Crippen LogP contribution is -2.29. The number of Topliss-reactive ketones (excluding diaryl/α,β-unsaturated/α-hetero) is 1. The number of nitrogens with one attached hydrogen (secondary N) is 1. The topological polar surface area (TPSA) is 95.9 Å². The minimum atomic E-state index is -0.845. The Morgan fingerprint density at radius 3 is 2.54 bits per heavy atom. The number of carbonyl (C=O) groups is 3. The standard InChI is InChI=1S/C30H28N2O5/c1-4-19-8-10-20(11-9-19)27-26(28(34)21-12-13-25-22(15-21)14-17(2)37-25)29(35)30(36)32(27)24-7-5-6-23(16-24)31-18(3)33/h5-13,15-17,27,34H,4,14H2,1-3H3,(H,31,33)/b28-26-. The fraction of sp³-hybridized carbons (Fsp3) is 0.233. The van der Waals surface area contributed by atoms with E-state index in [2.05, 4.69) is 5.32 Å². The van der Waals surface area contributed by atoms with Gasteiger partial charge in [0.25, 0.3) is 11.7 Å². The van der Waals surface area contributed by atoms with Crippen LogP contribution in [-0.4, -0.2) is 28.8 Å². The summed E-state index contributed by atoms with van der Waals surface area (Å²) in [6, 6.07) is 18.9. The average molecular weight is 497 g/mol. The molecule has 1 saturated heterocycles. The molecule has 0 saturated carbocycles. The van der Waals surface area contributed by atoms with Crippen molar-refractivity contribution in [3.05, 3.63) is 94.6 Å². The highest BCUT2D eigenvalue weighted by Crippen LogP contribution is 2.43. The molecule has 2 heterocycles. The summed E-state index contributed by atoms with van der Waals surface area (Å²) in [6.45, 7) is 5.42. The van der Waals surface area contributed by atoms with Crippen molar-refractivity contribution in [2.75, 3.05) is 10.2 Å². The average Bonchev–Trinajstić information content (AvgIpc) is 3.38. The van der Waals surface area contributed by atoms with Gasteiger partial charge in [0.05, 0.1) is 11.6 Å². The Morgan fingerprint density at radius 2 is 1.84 bits per heavy atom. The summed E-state index contributed by atoms with van der Waals surface area (Å²) < 4.78 is 5.77. The number of ketones is 1. The Morgan fingerprint density at radius 1 is 1.08 bits per heavy atom. The number of amides is 2. The van der Waals surface area contributed by atoms with Crippen molar-refractivity contribution in [3.8, 4) is 5.75 Å². The zero-order valence-electron chi connectivity index (χ0n) is 20.9. The van der Waals surface area contributed by atoms with Gasteiger partial charge in [0.2, 0.25) is 5.91 Å². The van der Waals surface area contributed by atoms with Gasteiger partial charge in [-0.15, -0.1) is 0 Å². The number of anilines is 2. The first-order chi connectivity index (χ1) is 17.8. The van der Waals surface area contributed by atoms with E-state index < -0.39 is 17.7 Å². The van der Waals surface area contributed by atoms with Crippen LogP contribution in [0.25, 0.3) is 5.76 Å².